The first kappa shape index (κ1) is 14.1. The molecule has 0 unspecified atom stereocenters. The van der Waals surface area contributed by atoms with E-state index in [1.807, 2.05) is 0 Å². The second kappa shape index (κ2) is 6.09. The molecule has 1 rings (SSSR count). The van der Waals surface area contributed by atoms with Crippen molar-refractivity contribution in [3.63, 3.8) is 0 Å². The zero-order valence-electron chi connectivity index (χ0n) is 9.74. The Balaban J connectivity index is 2.56. The van der Waals surface area contributed by atoms with Crippen molar-refractivity contribution < 1.29 is 23.5 Å². The van der Waals surface area contributed by atoms with Gasteiger partial charge in [-0.3, -0.25) is 9.59 Å². The van der Waals surface area contributed by atoms with E-state index in [4.69, 9.17) is 5.11 Å². The minimum Gasteiger partial charge on any atom is -0.481 e. The van der Waals surface area contributed by atoms with Gasteiger partial charge in [0.05, 0.1) is 5.69 Å². The zero-order valence-corrected chi connectivity index (χ0v) is 9.74. The number of anilines is 1. The number of hydrogen-bond acceptors (Lipinski definition) is 2. The number of amides is 1. The van der Waals surface area contributed by atoms with Crippen molar-refractivity contribution in [1.82, 2.24) is 0 Å². The van der Waals surface area contributed by atoms with E-state index >= 15 is 0 Å². The molecule has 0 aromatic heterocycles. The summed E-state index contributed by atoms with van der Waals surface area (Å²) in [5.41, 5.74) is -0.121. The average Bonchev–Trinajstić information content (AvgIpc) is 2.20. The Morgan fingerprint density at radius 3 is 2.56 bits per heavy atom. The van der Waals surface area contributed by atoms with Crippen LogP contribution >= 0.6 is 0 Å². The van der Waals surface area contributed by atoms with Gasteiger partial charge in [-0.2, -0.15) is 0 Å². The molecule has 1 atom stereocenters. The van der Waals surface area contributed by atoms with Gasteiger partial charge in [0.15, 0.2) is 0 Å². The van der Waals surface area contributed by atoms with Crippen LogP contribution in [-0.2, 0) is 9.59 Å². The van der Waals surface area contributed by atoms with Crippen molar-refractivity contribution in [2.24, 2.45) is 5.92 Å². The topological polar surface area (TPSA) is 66.4 Å². The first-order valence-corrected chi connectivity index (χ1v) is 5.35. The lowest BCUT2D eigenvalue weighted by molar-refractivity contribution is -0.138. The summed E-state index contributed by atoms with van der Waals surface area (Å²) in [5, 5.41) is 10.8. The van der Waals surface area contributed by atoms with Gasteiger partial charge in [0.1, 0.15) is 11.6 Å². The van der Waals surface area contributed by atoms with Crippen LogP contribution in [0, 0.1) is 17.6 Å². The van der Waals surface area contributed by atoms with Crippen molar-refractivity contribution in [2.45, 2.75) is 19.8 Å². The van der Waals surface area contributed by atoms with Gasteiger partial charge in [0, 0.05) is 18.9 Å². The molecule has 0 radical (unpaired) electrons. The average molecular weight is 257 g/mol. The quantitative estimate of drug-likeness (QED) is 0.851. The highest BCUT2D eigenvalue weighted by molar-refractivity contribution is 5.91. The Labute approximate surface area is 103 Å². The molecule has 0 bridgehead atoms. The molecule has 4 nitrogen and oxygen atoms in total. The minimum absolute atomic E-state index is 0.0386. The van der Waals surface area contributed by atoms with E-state index in [0.717, 1.165) is 12.1 Å². The molecule has 0 heterocycles. The van der Waals surface area contributed by atoms with Crippen LogP contribution in [0.15, 0.2) is 18.2 Å². The zero-order chi connectivity index (χ0) is 13.7. The Morgan fingerprint density at radius 1 is 1.33 bits per heavy atom. The summed E-state index contributed by atoms with van der Waals surface area (Å²) in [5.74, 6) is -3.46. The second-order valence-corrected chi connectivity index (χ2v) is 4.08. The fourth-order valence-corrected chi connectivity index (χ4v) is 1.48. The molecule has 0 aliphatic carbocycles. The van der Waals surface area contributed by atoms with Crippen LogP contribution in [0.5, 0.6) is 0 Å². The summed E-state index contributed by atoms with van der Waals surface area (Å²) in [6, 6.07) is 2.81. The molecular weight excluding hydrogens is 244 g/mol. The van der Waals surface area contributed by atoms with E-state index in [0.29, 0.717) is 6.07 Å². The van der Waals surface area contributed by atoms with Crippen molar-refractivity contribution in [1.29, 1.82) is 0 Å². The predicted molar refractivity (Wildman–Crippen MR) is 61.0 cm³/mol. The third-order valence-electron chi connectivity index (χ3n) is 2.26. The van der Waals surface area contributed by atoms with Crippen molar-refractivity contribution in [2.75, 3.05) is 5.32 Å². The van der Waals surface area contributed by atoms with Crippen LogP contribution in [0.1, 0.15) is 19.8 Å². The molecule has 0 aliphatic rings. The molecule has 0 fully saturated rings. The number of halogens is 2. The van der Waals surface area contributed by atoms with E-state index < -0.39 is 23.5 Å². The summed E-state index contributed by atoms with van der Waals surface area (Å²) < 4.78 is 25.8. The van der Waals surface area contributed by atoms with Gasteiger partial charge in [0.25, 0.3) is 0 Å². The summed E-state index contributed by atoms with van der Waals surface area (Å²) in [7, 11) is 0. The van der Waals surface area contributed by atoms with Crippen molar-refractivity contribution >= 4 is 17.6 Å². The smallest absolute Gasteiger partial charge is 0.303 e. The number of hydrogen-bond donors (Lipinski definition) is 2. The van der Waals surface area contributed by atoms with Crippen molar-refractivity contribution in [3.05, 3.63) is 29.8 Å². The molecule has 1 amide bonds. The summed E-state index contributed by atoms with van der Waals surface area (Å²) >= 11 is 0. The summed E-state index contributed by atoms with van der Waals surface area (Å²) in [6.45, 7) is 1.61. The second-order valence-electron chi connectivity index (χ2n) is 4.08. The van der Waals surface area contributed by atoms with Gasteiger partial charge < -0.3 is 10.4 Å². The van der Waals surface area contributed by atoms with Crippen LogP contribution in [0.2, 0.25) is 0 Å². The molecule has 0 saturated heterocycles. The lowest BCUT2D eigenvalue weighted by Gasteiger charge is -2.10. The van der Waals surface area contributed by atoms with E-state index in [1.54, 1.807) is 6.92 Å². The standard InChI is InChI=1S/C12H13F2NO3/c1-7(5-12(17)18)4-11(16)15-10-3-2-8(13)6-9(10)14/h2-3,6-7H,4-5H2,1H3,(H,15,16)(H,17,18)/t7-/m0/s1. The first-order chi connectivity index (χ1) is 8.38. The normalized spacial score (nSPS) is 11.9. The maximum absolute atomic E-state index is 13.2. The fourth-order valence-electron chi connectivity index (χ4n) is 1.48. The molecule has 1 aromatic carbocycles. The SMILES string of the molecule is C[C@H](CC(=O)O)CC(=O)Nc1ccc(F)cc1F. The lowest BCUT2D eigenvalue weighted by Crippen LogP contribution is -2.17. The Hall–Kier alpha value is -1.98. The van der Waals surface area contributed by atoms with Crippen LogP contribution in [0.4, 0.5) is 14.5 Å². The molecule has 0 saturated carbocycles. The number of carboxylic acids is 1. The highest BCUT2D eigenvalue weighted by Crippen LogP contribution is 2.16. The molecular formula is C12H13F2NO3. The lowest BCUT2D eigenvalue weighted by atomic mass is 10.0. The minimum atomic E-state index is -0.997. The Bertz CT molecular complexity index is 463. The number of aliphatic carboxylic acids is 1. The number of carboxylic acid groups (broad SMARTS) is 1. The number of benzene rings is 1. The number of rotatable bonds is 5. The van der Waals surface area contributed by atoms with Gasteiger partial charge in [-0.25, -0.2) is 8.78 Å². The molecule has 2 N–H and O–H groups in total. The molecule has 1 aromatic rings. The van der Waals surface area contributed by atoms with Crippen LogP contribution < -0.4 is 5.32 Å². The molecule has 0 spiro atoms. The first-order valence-electron chi connectivity index (χ1n) is 5.35. The van der Waals surface area contributed by atoms with Gasteiger partial charge >= 0.3 is 5.97 Å². The monoisotopic (exact) mass is 257 g/mol. The number of carbonyl (C=O) groups is 2. The van der Waals surface area contributed by atoms with E-state index in [9.17, 15) is 18.4 Å². The molecule has 98 valence electrons. The fraction of sp³-hybridized carbons (Fsp3) is 0.333. The number of nitrogens with one attached hydrogen (secondary N) is 1. The van der Waals surface area contributed by atoms with E-state index in [2.05, 4.69) is 5.32 Å². The van der Waals surface area contributed by atoms with Gasteiger partial charge in [0.2, 0.25) is 5.91 Å². The Morgan fingerprint density at radius 2 is 2.00 bits per heavy atom. The van der Waals surface area contributed by atoms with Gasteiger partial charge in [-0.05, 0) is 18.1 Å². The molecule has 18 heavy (non-hydrogen) atoms. The van der Waals surface area contributed by atoms with Crippen LogP contribution in [0.3, 0.4) is 0 Å². The van der Waals surface area contributed by atoms with E-state index in [1.165, 1.54) is 0 Å². The van der Waals surface area contributed by atoms with Crippen molar-refractivity contribution in [3.8, 4) is 0 Å². The Kier molecular flexibility index (Phi) is 4.76. The summed E-state index contributed by atoms with van der Waals surface area (Å²) in [6.07, 6.45) is -0.178. The van der Waals surface area contributed by atoms with E-state index in [-0.39, 0.29) is 24.4 Å². The third kappa shape index (κ3) is 4.48. The highest BCUT2D eigenvalue weighted by atomic mass is 19.1. The third-order valence-corrected chi connectivity index (χ3v) is 2.26. The molecule has 0 aliphatic heterocycles. The van der Waals surface area contributed by atoms with Crippen LogP contribution in [-0.4, -0.2) is 17.0 Å². The highest BCUT2D eigenvalue weighted by Gasteiger charge is 2.14. The predicted octanol–water partition coefficient (Wildman–Crippen LogP) is 2.40. The maximum Gasteiger partial charge on any atom is 0.303 e. The van der Waals surface area contributed by atoms with Gasteiger partial charge in [-0.15, -0.1) is 0 Å². The van der Waals surface area contributed by atoms with Crippen LogP contribution in [0.25, 0.3) is 0 Å². The maximum atomic E-state index is 13.2. The summed E-state index contributed by atoms with van der Waals surface area (Å²) in [4.78, 5) is 21.9. The number of carbonyl (C=O) groups excluding carboxylic acids is 1. The molecule has 6 heteroatoms. The largest absolute Gasteiger partial charge is 0.481 e. The van der Waals surface area contributed by atoms with Gasteiger partial charge in [-0.1, -0.05) is 6.92 Å².